The lowest BCUT2D eigenvalue weighted by Crippen LogP contribution is -2.52. The minimum atomic E-state index is -0.329. The molecule has 0 spiro atoms. The molecule has 6 heteroatoms. The summed E-state index contributed by atoms with van der Waals surface area (Å²) >= 11 is 0. The van der Waals surface area contributed by atoms with Crippen molar-refractivity contribution in [3.8, 4) is 0 Å². The minimum Gasteiger partial charge on any atom is -0.465 e. The number of methoxy groups -OCH3 is 1. The lowest BCUT2D eigenvalue weighted by Gasteiger charge is -2.36. The number of nitrogens with zero attached hydrogens (tertiary/aromatic N) is 2. The van der Waals surface area contributed by atoms with E-state index < -0.39 is 0 Å². The molecule has 1 fully saturated rings. The molecule has 2 amide bonds. The summed E-state index contributed by atoms with van der Waals surface area (Å²) in [5.74, 6) is 0.263. The van der Waals surface area contributed by atoms with Crippen LogP contribution in [0.4, 0.5) is 10.5 Å². The molecule has 1 N–H and O–H groups in total. The van der Waals surface area contributed by atoms with Crippen LogP contribution in [0.5, 0.6) is 0 Å². The van der Waals surface area contributed by atoms with E-state index in [0.29, 0.717) is 24.6 Å². The fraction of sp³-hybridized carbons (Fsp3) is 0.556. The molecule has 6 nitrogen and oxygen atoms in total. The van der Waals surface area contributed by atoms with E-state index in [1.807, 2.05) is 17.0 Å². The highest BCUT2D eigenvalue weighted by molar-refractivity contribution is 5.89. The Bertz CT molecular complexity index is 549. The van der Waals surface area contributed by atoms with Crippen molar-refractivity contribution in [1.82, 2.24) is 10.2 Å². The molecule has 24 heavy (non-hydrogen) atoms. The van der Waals surface area contributed by atoms with Crippen molar-refractivity contribution in [3.05, 3.63) is 29.8 Å². The molecule has 2 rings (SSSR count). The van der Waals surface area contributed by atoms with Gasteiger partial charge in [-0.1, -0.05) is 13.8 Å². The molecule has 0 unspecified atom stereocenters. The molecule has 132 valence electrons. The van der Waals surface area contributed by atoms with Crippen LogP contribution in [0.25, 0.3) is 0 Å². The summed E-state index contributed by atoms with van der Waals surface area (Å²) in [6.07, 6.45) is 0.998. The third-order valence-corrected chi connectivity index (χ3v) is 4.22. The van der Waals surface area contributed by atoms with Gasteiger partial charge in [0.05, 0.1) is 12.7 Å². The van der Waals surface area contributed by atoms with Gasteiger partial charge in [0.1, 0.15) is 0 Å². The van der Waals surface area contributed by atoms with Crippen molar-refractivity contribution >= 4 is 17.7 Å². The Kier molecular flexibility index (Phi) is 6.46. The van der Waals surface area contributed by atoms with E-state index in [1.54, 1.807) is 12.1 Å². The second kappa shape index (κ2) is 8.57. The fourth-order valence-electron chi connectivity index (χ4n) is 2.67. The Labute approximate surface area is 143 Å². The van der Waals surface area contributed by atoms with Crippen molar-refractivity contribution in [2.45, 2.75) is 20.3 Å². The summed E-state index contributed by atoms with van der Waals surface area (Å²) in [6, 6.07) is 7.41. The Balaban J connectivity index is 1.81. The van der Waals surface area contributed by atoms with Crippen LogP contribution < -0.4 is 10.2 Å². The van der Waals surface area contributed by atoms with E-state index in [1.165, 1.54) is 7.11 Å². The molecular formula is C18H27N3O3. The molecule has 1 aromatic rings. The van der Waals surface area contributed by atoms with Crippen LogP contribution in [0, 0.1) is 5.92 Å². The van der Waals surface area contributed by atoms with E-state index in [2.05, 4.69) is 24.1 Å². The van der Waals surface area contributed by atoms with Crippen molar-refractivity contribution in [3.63, 3.8) is 0 Å². The van der Waals surface area contributed by atoms with Crippen LogP contribution >= 0.6 is 0 Å². The van der Waals surface area contributed by atoms with Crippen molar-refractivity contribution < 1.29 is 14.3 Å². The molecular weight excluding hydrogens is 306 g/mol. The summed E-state index contributed by atoms with van der Waals surface area (Å²) in [7, 11) is 1.38. The van der Waals surface area contributed by atoms with Gasteiger partial charge in [0.25, 0.3) is 0 Å². The molecule has 0 saturated carbocycles. The third-order valence-electron chi connectivity index (χ3n) is 4.22. The maximum atomic E-state index is 12.1. The number of nitrogens with one attached hydrogen (secondary N) is 1. The topological polar surface area (TPSA) is 61.9 Å². The highest BCUT2D eigenvalue weighted by Gasteiger charge is 2.21. The molecule has 0 atom stereocenters. The average Bonchev–Trinajstić information content (AvgIpc) is 2.61. The molecule has 0 radical (unpaired) electrons. The second-order valence-electron chi connectivity index (χ2n) is 6.43. The summed E-state index contributed by atoms with van der Waals surface area (Å²) < 4.78 is 4.71. The van der Waals surface area contributed by atoms with Crippen LogP contribution in [-0.4, -0.2) is 56.7 Å². The first-order valence-corrected chi connectivity index (χ1v) is 8.47. The van der Waals surface area contributed by atoms with Gasteiger partial charge in [-0.25, -0.2) is 9.59 Å². The second-order valence-corrected chi connectivity index (χ2v) is 6.43. The number of piperazine rings is 1. The highest BCUT2D eigenvalue weighted by Crippen LogP contribution is 2.18. The standard InChI is InChI=1S/C18H27N3O3/c1-14(2)8-9-19-18(23)21-12-10-20(11-13-21)16-6-4-15(5-7-16)17(22)24-3/h4-7,14H,8-13H2,1-3H3,(H,19,23). The van der Waals surface area contributed by atoms with E-state index in [4.69, 9.17) is 4.74 Å². The predicted molar refractivity (Wildman–Crippen MR) is 94.4 cm³/mol. The number of carbonyl (C=O) groups is 2. The van der Waals surface area contributed by atoms with Crippen molar-refractivity contribution in [2.75, 3.05) is 44.7 Å². The number of hydrogen-bond acceptors (Lipinski definition) is 4. The van der Waals surface area contributed by atoms with Gasteiger partial charge in [0, 0.05) is 38.4 Å². The molecule has 1 aliphatic heterocycles. The van der Waals surface area contributed by atoms with Gasteiger partial charge in [0.2, 0.25) is 0 Å². The Morgan fingerprint density at radius 1 is 1.12 bits per heavy atom. The number of amides is 2. The Morgan fingerprint density at radius 3 is 2.29 bits per heavy atom. The number of rotatable bonds is 5. The largest absolute Gasteiger partial charge is 0.465 e. The third kappa shape index (κ3) is 4.88. The fourth-order valence-corrected chi connectivity index (χ4v) is 2.67. The highest BCUT2D eigenvalue weighted by atomic mass is 16.5. The number of carbonyl (C=O) groups excluding carboxylic acids is 2. The minimum absolute atomic E-state index is 0.0244. The molecule has 1 saturated heterocycles. The van der Waals surface area contributed by atoms with Crippen molar-refractivity contribution in [1.29, 1.82) is 0 Å². The molecule has 1 aliphatic rings. The first-order valence-electron chi connectivity index (χ1n) is 8.47. The van der Waals surface area contributed by atoms with Crippen LogP contribution in [-0.2, 0) is 4.74 Å². The van der Waals surface area contributed by atoms with Crippen LogP contribution in [0.3, 0.4) is 0 Å². The molecule has 1 aromatic carbocycles. The normalized spacial score (nSPS) is 14.7. The van der Waals surface area contributed by atoms with E-state index >= 15 is 0 Å². The van der Waals surface area contributed by atoms with Gasteiger partial charge in [-0.05, 0) is 36.6 Å². The lowest BCUT2D eigenvalue weighted by atomic mass is 10.1. The molecule has 0 aliphatic carbocycles. The zero-order valence-corrected chi connectivity index (χ0v) is 14.7. The maximum Gasteiger partial charge on any atom is 0.337 e. The van der Waals surface area contributed by atoms with E-state index in [9.17, 15) is 9.59 Å². The number of hydrogen-bond donors (Lipinski definition) is 1. The monoisotopic (exact) mass is 333 g/mol. The Morgan fingerprint density at radius 2 is 1.75 bits per heavy atom. The van der Waals surface area contributed by atoms with Crippen LogP contribution in [0.2, 0.25) is 0 Å². The quantitative estimate of drug-likeness (QED) is 0.840. The van der Waals surface area contributed by atoms with Crippen LogP contribution in [0.15, 0.2) is 24.3 Å². The van der Waals surface area contributed by atoms with Gasteiger partial charge >= 0.3 is 12.0 Å². The maximum absolute atomic E-state index is 12.1. The summed E-state index contributed by atoms with van der Waals surface area (Å²) in [5, 5.41) is 2.98. The van der Waals surface area contributed by atoms with Gasteiger partial charge in [-0.15, -0.1) is 0 Å². The zero-order valence-electron chi connectivity index (χ0n) is 14.7. The smallest absolute Gasteiger partial charge is 0.337 e. The van der Waals surface area contributed by atoms with Crippen molar-refractivity contribution in [2.24, 2.45) is 5.92 Å². The van der Waals surface area contributed by atoms with Gasteiger partial charge in [-0.3, -0.25) is 0 Å². The SMILES string of the molecule is COC(=O)c1ccc(N2CCN(C(=O)NCCC(C)C)CC2)cc1. The average molecular weight is 333 g/mol. The zero-order chi connectivity index (χ0) is 17.5. The summed E-state index contributed by atoms with van der Waals surface area (Å²) in [5.41, 5.74) is 1.60. The Hall–Kier alpha value is -2.24. The number of benzene rings is 1. The summed E-state index contributed by atoms with van der Waals surface area (Å²) in [4.78, 5) is 27.7. The van der Waals surface area contributed by atoms with Gasteiger partial charge < -0.3 is 19.9 Å². The van der Waals surface area contributed by atoms with Gasteiger partial charge in [-0.2, -0.15) is 0 Å². The van der Waals surface area contributed by atoms with Gasteiger partial charge in [0.15, 0.2) is 0 Å². The lowest BCUT2D eigenvalue weighted by molar-refractivity contribution is 0.0600. The van der Waals surface area contributed by atoms with E-state index in [-0.39, 0.29) is 12.0 Å². The molecule has 0 bridgehead atoms. The molecule has 0 aromatic heterocycles. The van der Waals surface area contributed by atoms with Crippen LogP contribution in [0.1, 0.15) is 30.6 Å². The number of esters is 1. The predicted octanol–water partition coefficient (Wildman–Crippen LogP) is 2.35. The molecule has 1 heterocycles. The first kappa shape index (κ1) is 18.1. The number of ether oxygens (including phenoxy) is 1. The first-order chi connectivity index (χ1) is 11.5. The number of urea groups is 1. The van der Waals surface area contributed by atoms with E-state index in [0.717, 1.165) is 31.7 Å². The summed E-state index contributed by atoms with van der Waals surface area (Å²) in [6.45, 7) is 8.00. The number of anilines is 1.